The number of nitrogens with two attached hydrogens (primary N) is 1. The largest absolute Gasteiger partial charge is 0.496 e. The number of hydrogen-bond acceptors (Lipinski definition) is 6. The monoisotopic (exact) mass is 360 g/mol. The van der Waals surface area contributed by atoms with Crippen molar-refractivity contribution in [3.05, 3.63) is 35.4 Å². The summed E-state index contributed by atoms with van der Waals surface area (Å²) in [6, 6.07) is 7.66. The summed E-state index contributed by atoms with van der Waals surface area (Å²) in [5.41, 5.74) is 9.50. The predicted molar refractivity (Wildman–Crippen MR) is 97.4 cm³/mol. The fourth-order valence-electron chi connectivity index (χ4n) is 3.08. The number of carboxylic acids is 1. The number of carbonyl (C=O) groups is 1. The van der Waals surface area contributed by atoms with Crippen molar-refractivity contribution in [3.63, 3.8) is 0 Å². The van der Waals surface area contributed by atoms with Crippen molar-refractivity contribution in [1.29, 1.82) is 0 Å². The fourth-order valence-corrected chi connectivity index (χ4v) is 4.50. The highest BCUT2D eigenvalue weighted by atomic mass is 32.2. The lowest BCUT2D eigenvalue weighted by Crippen LogP contribution is -2.18. The summed E-state index contributed by atoms with van der Waals surface area (Å²) in [5, 5.41) is 9.31. The van der Waals surface area contributed by atoms with E-state index in [0.717, 1.165) is 32.5 Å². The minimum Gasteiger partial charge on any atom is -0.496 e. The lowest BCUT2D eigenvalue weighted by molar-refractivity contribution is -0.136. The Kier molecular flexibility index (Phi) is 4.78. The van der Waals surface area contributed by atoms with Crippen LogP contribution in [0.5, 0.6) is 11.5 Å². The molecule has 7 heteroatoms. The van der Waals surface area contributed by atoms with E-state index in [0.29, 0.717) is 17.9 Å². The van der Waals surface area contributed by atoms with E-state index in [1.165, 1.54) is 11.8 Å². The summed E-state index contributed by atoms with van der Waals surface area (Å²) in [5.74, 6) is 0.404. The van der Waals surface area contributed by atoms with Gasteiger partial charge < -0.3 is 25.2 Å². The van der Waals surface area contributed by atoms with E-state index in [-0.39, 0.29) is 6.42 Å². The minimum absolute atomic E-state index is 0.107. The van der Waals surface area contributed by atoms with Gasteiger partial charge in [0.15, 0.2) is 0 Å². The summed E-state index contributed by atoms with van der Waals surface area (Å²) < 4.78 is 10.8. The summed E-state index contributed by atoms with van der Waals surface area (Å²) in [6.45, 7) is 0.334. The van der Waals surface area contributed by atoms with Crippen molar-refractivity contribution in [3.8, 4) is 11.5 Å². The highest BCUT2D eigenvalue weighted by Crippen LogP contribution is 2.53. The third-order valence-corrected chi connectivity index (χ3v) is 5.61. The summed E-state index contributed by atoms with van der Waals surface area (Å²) in [7, 11) is 5.12. The molecule has 0 amide bonds. The van der Waals surface area contributed by atoms with Crippen LogP contribution in [0.25, 0.3) is 0 Å². The highest BCUT2D eigenvalue weighted by molar-refractivity contribution is 7.99. The number of aliphatic carboxylic acids is 1. The molecule has 0 aliphatic carbocycles. The number of ether oxygens (including phenoxy) is 2. The Labute approximate surface area is 150 Å². The van der Waals surface area contributed by atoms with Crippen LogP contribution < -0.4 is 20.1 Å². The van der Waals surface area contributed by atoms with Gasteiger partial charge in [0.1, 0.15) is 11.5 Å². The molecule has 1 aliphatic rings. The number of rotatable bonds is 5. The van der Waals surface area contributed by atoms with Crippen LogP contribution in [0, 0.1) is 0 Å². The second-order valence-corrected chi connectivity index (χ2v) is 6.65. The van der Waals surface area contributed by atoms with Gasteiger partial charge in [-0.3, -0.25) is 4.79 Å². The molecule has 0 bridgehead atoms. The molecule has 0 saturated carbocycles. The average molecular weight is 360 g/mol. The maximum absolute atomic E-state index is 11.4. The number of nitrogens with zero attached hydrogens (tertiary/aromatic N) is 1. The topological polar surface area (TPSA) is 85.0 Å². The normalized spacial score (nSPS) is 12.4. The molecule has 6 nitrogen and oxygen atoms in total. The molecule has 0 aromatic heterocycles. The van der Waals surface area contributed by atoms with Crippen molar-refractivity contribution in [2.24, 2.45) is 5.73 Å². The summed E-state index contributed by atoms with van der Waals surface area (Å²) >= 11 is 1.52. The molecule has 0 unspecified atom stereocenters. The first kappa shape index (κ1) is 17.4. The molecule has 25 heavy (non-hydrogen) atoms. The van der Waals surface area contributed by atoms with Crippen LogP contribution in [0.4, 0.5) is 11.4 Å². The zero-order chi connectivity index (χ0) is 18.1. The molecule has 0 radical (unpaired) electrons. The number of benzene rings is 2. The zero-order valence-electron chi connectivity index (χ0n) is 14.3. The Hall–Kier alpha value is -2.38. The summed E-state index contributed by atoms with van der Waals surface area (Å²) in [6.07, 6.45) is -0.107. The quantitative estimate of drug-likeness (QED) is 0.848. The standard InChI is InChI=1S/C18H20N2O4S/c1-20-12-4-6-14(23-2)10(8-16(21)22)17(12)25-18-11(9-19)15(24-3)7-5-13(18)20/h4-7H,8-9,19H2,1-3H3,(H,21,22). The Balaban J connectivity index is 2.22. The van der Waals surface area contributed by atoms with Crippen molar-refractivity contribution in [2.75, 3.05) is 26.2 Å². The van der Waals surface area contributed by atoms with Crippen molar-refractivity contribution in [2.45, 2.75) is 22.8 Å². The molecule has 1 heterocycles. The Morgan fingerprint density at radius 3 is 2.08 bits per heavy atom. The van der Waals surface area contributed by atoms with E-state index >= 15 is 0 Å². The first-order chi connectivity index (χ1) is 12.0. The molecular formula is C18H20N2O4S. The Bertz CT molecular complexity index is 838. The highest BCUT2D eigenvalue weighted by Gasteiger charge is 2.28. The maximum Gasteiger partial charge on any atom is 0.308 e. The number of fused-ring (bicyclic) bond motifs is 2. The zero-order valence-corrected chi connectivity index (χ0v) is 15.1. The van der Waals surface area contributed by atoms with Gasteiger partial charge in [-0.15, -0.1) is 0 Å². The van der Waals surface area contributed by atoms with Crippen LogP contribution in [0.1, 0.15) is 11.1 Å². The number of methoxy groups -OCH3 is 2. The van der Waals surface area contributed by atoms with Crippen molar-refractivity contribution >= 4 is 29.1 Å². The number of hydrogen-bond donors (Lipinski definition) is 2. The first-order valence-corrected chi connectivity index (χ1v) is 8.56. The van der Waals surface area contributed by atoms with Gasteiger partial charge >= 0.3 is 5.97 Å². The molecule has 2 aromatic rings. The second kappa shape index (κ2) is 6.85. The van der Waals surface area contributed by atoms with Gasteiger partial charge in [0, 0.05) is 34.5 Å². The Morgan fingerprint density at radius 2 is 1.60 bits per heavy atom. The molecule has 2 aromatic carbocycles. The van der Waals surface area contributed by atoms with Gasteiger partial charge in [-0.05, 0) is 24.3 Å². The summed E-state index contributed by atoms with van der Waals surface area (Å²) in [4.78, 5) is 15.3. The van der Waals surface area contributed by atoms with Crippen molar-refractivity contribution < 1.29 is 19.4 Å². The van der Waals surface area contributed by atoms with E-state index in [1.54, 1.807) is 14.2 Å². The van der Waals surface area contributed by atoms with Crippen LogP contribution in [-0.2, 0) is 17.8 Å². The maximum atomic E-state index is 11.4. The van der Waals surface area contributed by atoms with Crippen LogP contribution in [0.15, 0.2) is 34.1 Å². The third kappa shape index (κ3) is 2.89. The lowest BCUT2D eigenvalue weighted by atomic mass is 10.1. The van der Waals surface area contributed by atoms with Gasteiger partial charge in [0.2, 0.25) is 0 Å². The smallest absolute Gasteiger partial charge is 0.308 e. The molecule has 1 aliphatic heterocycles. The number of anilines is 2. The van der Waals surface area contributed by atoms with Gasteiger partial charge in [-0.25, -0.2) is 0 Å². The van der Waals surface area contributed by atoms with Crippen LogP contribution in [0.2, 0.25) is 0 Å². The van der Waals surface area contributed by atoms with Crippen LogP contribution in [0.3, 0.4) is 0 Å². The van der Waals surface area contributed by atoms with E-state index in [9.17, 15) is 9.90 Å². The molecule has 3 rings (SSSR count). The van der Waals surface area contributed by atoms with Crippen LogP contribution in [-0.4, -0.2) is 32.3 Å². The SMILES string of the molecule is COc1ccc2c(c1CN)Sc1c(ccc(OC)c1CC(=O)O)N2C. The fraction of sp³-hybridized carbons (Fsp3) is 0.278. The van der Waals surface area contributed by atoms with Crippen molar-refractivity contribution in [1.82, 2.24) is 0 Å². The molecule has 0 fully saturated rings. The molecule has 132 valence electrons. The molecule has 3 N–H and O–H groups in total. The van der Waals surface area contributed by atoms with E-state index in [1.807, 2.05) is 36.2 Å². The van der Waals surface area contributed by atoms with Gasteiger partial charge in [-0.1, -0.05) is 11.8 Å². The van der Waals surface area contributed by atoms with E-state index in [4.69, 9.17) is 15.2 Å². The number of carboxylic acid groups (broad SMARTS) is 1. The molecular weight excluding hydrogens is 340 g/mol. The van der Waals surface area contributed by atoms with E-state index in [2.05, 4.69) is 0 Å². The van der Waals surface area contributed by atoms with Gasteiger partial charge in [0.25, 0.3) is 0 Å². The lowest BCUT2D eigenvalue weighted by Gasteiger charge is -2.33. The van der Waals surface area contributed by atoms with Gasteiger partial charge in [-0.2, -0.15) is 0 Å². The first-order valence-electron chi connectivity index (χ1n) is 7.75. The van der Waals surface area contributed by atoms with Crippen LogP contribution >= 0.6 is 11.8 Å². The molecule has 0 atom stereocenters. The average Bonchev–Trinajstić information content (AvgIpc) is 2.61. The van der Waals surface area contributed by atoms with E-state index < -0.39 is 5.97 Å². The minimum atomic E-state index is -0.898. The Morgan fingerprint density at radius 1 is 1.08 bits per heavy atom. The molecule has 0 spiro atoms. The predicted octanol–water partition coefficient (Wildman–Crippen LogP) is 3.02. The molecule has 0 saturated heterocycles. The second-order valence-electron chi connectivity index (χ2n) is 5.62. The van der Waals surface area contributed by atoms with Gasteiger partial charge in [0.05, 0.1) is 32.0 Å². The third-order valence-electron chi connectivity index (χ3n) is 4.29.